The number of nitrogens with one attached hydrogen (secondary N) is 1. The normalized spacial score (nSPS) is 15.6. The van der Waals surface area contributed by atoms with Gasteiger partial charge in [0, 0.05) is 36.7 Å². The maximum atomic E-state index is 12.3. The Morgan fingerprint density at radius 2 is 1.80 bits per heavy atom. The number of hydrogen-bond donors (Lipinski definition) is 1. The number of carbonyl (C=O) groups excluding carboxylic acids is 1. The van der Waals surface area contributed by atoms with Crippen LogP contribution in [0, 0.1) is 16.0 Å². The first-order valence-electron chi connectivity index (χ1n) is 10.4. The molecule has 1 saturated heterocycles. The molecule has 1 fully saturated rings. The number of nitro groups is 1. The highest BCUT2D eigenvalue weighted by molar-refractivity contribution is 7.99. The van der Waals surface area contributed by atoms with Gasteiger partial charge in [0.25, 0.3) is 5.69 Å². The predicted octanol–water partition coefficient (Wildman–Crippen LogP) is 4.94. The summed E-state index contributed by atoms with van der Waals surface area (Å²) in [4.78, 5) is 25.0. The van der Waals surface area contributed by atoms with Crippen LogP contribution < -0.4 is 10.2 Å². The Morgan fingerprint density at radius 3 is 2.40 bits per heavy atom. The van der Waals surface area contributed by atoms with E-state index in [4.69, 9.17) is 0 Å². The molecule has 1 aliphatic heterocycles. The van der Waals surface area contributed by atoms with Crippen LogP contribution in [-0.4, -0.2) is 29.7 Å². The van der Waals surface area contributed by atoms with E-state index >= 15 is 0 Å². The van der Waals surface area contributed by atoms with E-state index in [-0.39, 0.29) is 17.6 Å². The van der Waals surface area contributed by atoms with E-state index in [0.717, 1.165) is 30.1 Å². The van der Waals surface area contributed by atoms with Crippen molar-refractivity contribution in [1.29, 1.82) is 0 Å². The van der Waals surface area contributed by atoms with E-state index in [1.165, 1.54) is 42.4 Å². The summed E-state index contributed by atoms with van der Waals surface area (Å²) >= 11 is 1.50. The highest BCUT2D eigenvalue weighted by Crippen LogP contribution is 2.25. The summed E-state index contributed by atoms with van der Waals surface area (Å²) in [6.07, 6.45) is 2.48. The molecule has 1 N–H and O–H groups in total. The fourth-order valence-electron chi connectivity index (χ4n) is 3.58. The molecular weight excluding hydrogens is 398 g/mol. The lowest BCUT2D eigenvalue weighted by atomic mass is 9.98. The minimum atomic E-state index is -0.411. The van der Waals surface area contributed by atoms with Gasteiger partial charge in [-0.05, 0) is 48.9 Å². The first-order chi connectivity index (χ1) is 14.4. The number of piperidine rings is 1. The van der Waals surface area contributed by atoms with Gasteiger partial charge in [-0.15, -0.1) is 11.8 Å². The first kappa shape index (κ1) is 22.2. The number of benzene rings is 2. The van der Waals surface area contributed by atoms with Gasteiger partial charge in [-0.2, -0.15) is 0 Å². The van der Waals surface area contributed by atoms with Crippen molar-refractivity contribution < 1.29 is 9.72 Å². The fraction of sp³-hybridized carbons (Fsp3) is 0.435. The lowest BCUT2D eigenvalue weighted by Crippen LogP contribution is -2.32. The van der Waals surface area contributed by atoms with Crippen molar-refractivity contribution >= 4 is 29.0 Å². The van der Waals surface area contributed by atoms with Gasteiger partial charge < -0.3 is 10.2 Å². The van der Waals surface area contributed by atoms with Crippen LogP contribution in [0.15, 0.2) is 48.5 Å². The maximum absolute atomic E-state index is 12.3. The van der Waals surface area contributed by atoms with Crippen molar-refractivity contribution in [2.75, 3.05) is 23.7 Å². The van der Waals surface area contributed by atoms with E-state index in [2.05, 4.69) is 41.4 Å². The number of nitrogens with zero attached hydrogens (tertiary/aromatic N) is 2. The summed E-state index contributed by atoms with van der Waals surface area (Å²) in [5.41, 5.74) is 3.39. The Morgan fingerprint density at radius 1 is 1.17 bits per heavy atom. The lowest BCUT2D eigenvalue weighted by molar-refractivity contribution is -0.384. The van der Waals surface area contributed by atoms with Crippen molar-refractivity contribution in [2.24, 2.45) is 5.92 Å². The summed E-state index contributed by atoms with van der Waals surface area (Å²) < 4.78 is 0. The van der Waals surface area contributed by atoms with Gasteiger partial charge in [-0.25, -0.2) is 0 Å². The summed E-state index contributed by atoms with van der Waals surface area (Å²) in [5, 5.41) is 13.7. The number of nitro benzene ring substituents is 1. The average molecular weight is 428 g/mol. The summed E-state index contributed by atoms with van der Waals surface area (Å²) in [5.74, 6) is 1.80. The third-order valence-corrected chi connectivity index (χ3v) is 6.57. The molecule has 1 amide bonds. The Hall–Kier alpha value is -2.54. The molecule has 0 radical (unpaired) electrons. The third-order valence-electron chi connectivity index (χ3n) is 5.57. The maximum Gasteiger partial charge on any atom is 0.269 e. The molecule has 0 aromatic heterocycles. The highest BCUT2D eigenvalue weighted by atomic mass is 32.2. The number of hydrogen-bond acceptors (Lipinski definition) is 5. The molecule has 6 nitrogen and oxygen atoms in total. The van der Waals surface area contributed by atoms with Crippen LogP contribution in [0.2, 0.25) is 0 Å². The molecule has 3 rings (SSSR count). The number of anilines is 1. The Labute approximate surface area is 182 Å². The van der Waals surface area contributed by atoms with Crippen LogP contribution in [0.4, 0.5) is 11.4 Å². The van der Waals surface area contributed by atoms with Crippen molar-refractivity contribution in [1.82, 2.24) is 5.32 Å². The standard InChI is InChI=1S/C23H29N3O3S/c1-17-11-13-25(14-12-17)21-9-5-20(6-10-21)18(2)24-23(27)16-30-15-19-3-7-22(8-4-19)26(28)29/h3-10,17-18H,11-16H2,1-2H3,(H,24,27)/t18-/m1/s1. The summed E-state index contributed by atoms with van der Waals surface area (Å²) in [6, 6.07) is 14.9. The van der Waals surface area contributed by atoms with Crippen LogP contribution in [0.1, 0.15) is 43.9 Å². The number of rotatable bonds is 8. The first-order valence-corrected chi connectivity index (χ1v) is 11.5. The topological polar surface area (TPSA) is 75.5 Å². The van der Waals surface area contributed by atoms with Crippen molar-refractivity contribution in [3.05, 3.63) is 69.8 Å². The second-order valence-electron chi connectivity index (χ2n) is 7.97. The fourth-order valence-corrected chi connectivity index (χ4v) is 4.38. The number of amides is 1. The molecule has 0 unspecified atom stereocenters. The molecule has 0 aliphatic carbocycles. The van der Waals surface area contributed by atoms with Crippen molar-refractivity contribution in [3.8, 4) is 0 Å². The number of thioether (sulfide) groups is 1. The average Bonchev–Trinajstić information content (AvgIpc) is 2.75. The Bertz CT molecular complexity index is 847. The van der Waals surface area contributed by atoms with Crippen LogP contribution >= 0.6 is 11.8 Å². The van der Waals surface area contributed by atoms with Gasteiger partial charge >= 0.3 is 0 Å². The zero-order chi connectivity index (χ0) is 21.5. The second-order valence-corrected chi connectivity index (χ2v) is 8.95. The zero-order valence-corrected chi connectivity index (χ0v) is 18.4. The van der Waals surface area contributed by atoms with E-state index < -0.39 is 4.92 Å². The van der Waals surface area contributed by atoms with Gasteiger partial charge in [0.1, 0.15) is 0 Å². The minimum absolute atomic E-state index is 0.0106. The van der Waals surface area contributed by atoms with Crippen LogP contribution in [0.25, 0.3) is 0 Å². The predicted molar refractivity (Wildman–Crippen MR) is 123 cm³/mol. The van der Waals surface area contributed by atoms with Crippen LogP contribution in [0.5, 0.6) is 0 Å². The van der Waals surface area contributed by atoms with Crippen LogP contribution in [0.3, 0.4) is 0 Å². The number of non-ortho nitro benzene ring substituents is 1. The monoisotopic (exact) mass is 427 g/mol. The molecule has 1 atom stereocenters. The highest BCUT2D eigenvalue weighted by Gasteiger charge is 2.16. The second kappa shape index (κ2) is 10.5. The smallest absolute Gasteiger partial charge is 0.269 e. The summed E-state index contributed by atoms with van der Waals surface area (Å²) in [7, 11) is 0. The van der Waals surface area contributed by atoms with Gasteiger partial charge in [-0.1, -0.05) is 31.2 Å². The molecule has 1 aliphatic rings. The van der Waals surface area contributed by atoms with E-state index in [1.807, 2.05) is 6.92 Å². The van der Waals surface area contributed by atoms with E-state index in [9.17, 15) is 14.9 Å². The molecule has 2 aromatic rings. The summed E-state index contributed by atoms with van der Waals surface area (Å²) in [6.45, 7) is 6.53. The molecule has 0 spiro atoms. The van der Waals surface area contributed by atoms with Crippen molar-refractivity contribution in [2.45, 2.75) is 38.5 Å². The minimum Gasteiger partial charge on any atom is -0.372 e. The molecule has 0 bridgehead atoms. The van der Waals surface area contributed by atoms with Gasteiger partial charge in [0.2, 0.25) is 5.91 Å². The molecule has 0 saturated carbocycles. The largest absolute Gasteiger partial charge is 0.372 e. The van der Waals surface area contributed by atoms with E-state index in [1.54, 1.807) is 12.1 Å². The zero-order valence-electron chi connectivity index (χ0n) is 17.5. The Kier molecular flexibility index (Phi) is 7.74. The molecule has 2 aromatic carbocycles. The van der Waals surface area contributed by atoms with Gasteiger partial charge in [0.15, 0.2) is 0 Å². The third kappa shape index (κ3) is 6.23. The molecule has 1 heterocycles. The quantitative estimate of drug-likeness (QED) is 0.477. The SMILES string of the molecule is CC1CCN(c2ccc([C@@H](C)NC(=O)CSCc3ccc([N+](=O)[O-])cc3)cc2)CC1. The lowest BCUT2D eigenvalue weighted by Gasteiger charge is -2.32. The molecule has 7 heteroatoms. The van der Waals surface area contributed by atoms with E-state index in [0.29, 0.717) is 11.5 Å². The molecular formula is C23H29N3O3S. The number of carbonyl (C=O) groups is 1. The van der Waals surface area contributed by atoms with Crippen molar-refractivity contribution in [3.63, 3.8) is 0 Å². The van der Waals surface area contributed by atoms with Crippen LogP contribution in [-0.2, 0) is 10.5 Å². The molecule has 30 heavy (non-hydrogen) atoms. The Balaban J connectivity index is 1.43. The molecule has 160 valence electrons. The van der Waals surface area contributed by atoms with Gasteiger partial charge in [-0.3, -0.25) is 14.9 Å². The van der Waals surface area contributed by atoms with Gasteiger partial charge in [0.05, 0.1) is 16.7 Å².